The first-order valence-corrected chi connectivity index (χ1v) is 10.9. The normalized spacial score (nSPS) is 26.1. The number of aryl methyl sites for hydroxylation is 1. The number of rotatable bonds is 6. The van der Waals surface area contributed by atoms with Crippen molar-refractivity contribution < 1.29 is 4.74 Å². The average molecular weight is 409 g/mol. The van der Waals surface area contributed by atoms with Crippen molar-refractivity contribution in [1.82, 2.24) is 4.90 Å². The molecule has 2 heterocycles. The number of hydrogen-bond donors (Lipinski definition) is 0. The fourth-order valence-corrected chi connectivity index (χ4v) is 5.29. The van der Waals surface area contributed by atoms with Gasteiger partial charge in [-0.15, -0.1) is 0 Å². The van der Waals surface area contributed by atoms with Crippen LogP contribution in [0.4, 0.5) is 0 Å². The molecule has 2 aromatic carbocycles. The molecule has 152 valence electrons. The van der Waals surface area contributed by atoms with E-state index in [2.05, 4.69) is 49.1 Å². The van der Waals surface area contributed by atoms with Gasteiger partial charge < -0.3 is 4.74 Å². The van der Waals surface area contributed by atoms with Crippen molar-refractivity contribution in [3.8, 4) is 6.07 Å². The molecule has 0 aromatic heterocycles. The van der Waals surface area contributed by atoms with Crippen molar-refractivity contribution in [2.75, 3.05) is 19.7 Å². The smallest absolute Gasteiger partial charge is 0.0991 e. The third-order valence-corrected chi connectivity index (χ3v) is 6.92. The van der Waals surface area contributed by atoms with Gasteiger partial charge in [0.15, 0.2) is 0 Å². The van der Waals surface area contributed by atoms with Crippen molar-refractivity contribution in [2.45, 2.75) is 45.8 Å². The summed E-state index contributed by atoms with van der Waals surface area (Å²) >= 11 is 6.04. The van der Waals surface area contributed by atoms with E-state index >= 15 is 0 Å². The van der Waals surface area contributed by atoms with E-state index in [1.807, 2.05) is 24.3 Å². The van der Waals surface area contributed by atoms with Gasteiger partial charge in [-0.05, 0) is 61.2 Å². The van der Waals surface area contributed by atoms with E-state index in [-0.39, 0.29) is 10.8 Å². The van der Waals surface area contributed by atoms with Crippen LogP contribution in [0.5, 0.6) is 0 Å². The Morgan fingerprint density at radius 2 is 1.79 bits per heavy atom. The molecule has 0 N–H and O–H groups in total. The Hall–Kier alpha value is -1.86. The molecule has 29 heavy (non-hydrogen) atoms. The van der Waals surface area contributed by atoms with Gasteiger partial charge in [-0.25, -0.2) is 0 Å². The zero-order valence-electron chi connectivity index (χ0n) is 17.3. The molecule has 2 fully saturated rings. The Balaban J connectivity index is 1.48. The minimum absolute atomic E-state index is 0.183. The summed E-state index contributed by atoms with van der Waals surface area (Å²) in [7, 11) is 0. The first-order valence-electron chi connectivity index (χ1n) is 10.5. The van der Waals surface area contributed by atoms with Crippen LogP contribution in [-0.2, 0) is 17.7 Å². The maximum absolute atomic E-state index is 9.03. The van der Waals surface area contributed by atoms with Crippen LogP contribution in [0, 0.1) is 22.2 Å². The van der Waals surface area contributed by atoms with E-state index in [0.29, 0.717) is 6.10 Å². The second-order valence-corrected chi connectivity index (χ2v) is 9.87. The zero-order chi connectivity index (χ0) is 20.5. The minimum Gasteiger partial charge on any atom is -0.376 e. The lowest BCUT2D eigenvalue weighted by Gasteiger charge is -2.54. The Bertz CT molecular complexity index is 885. The molecule has 4 heteroatoms. The van der Waals surface area contributed by atoms with Crippen LogP contribution < -0.4 is 0 Å². The van der Waals surface area contributed by atoms with E-state index < -0.39 is 0 Å². The van der Waals surface area contributed by atoms with Gasteiger partial charge >= 0.3 is 0 Å². The van der Waals surface area contributed by atoms with E-state index in [9.17, 15) is 0 Å². The van der Waals surface area contributed by atoms with Crippen molar-refractivity contribution in [3.05, 3.63) is 70.2 Å². The van der Waals surface area contributed by atoms with Gasteiger partial charge in [0.1, 0.15) is 0 Å². The number of ether oxygens (including phenoxy) is 1. The first kappa shape index (κ1) is 20.4. The van der Waals surface area contributed by atoms with Gasteiger partial charge in [-0.1, -0.05) is 49.7 Å². The molecule has 2 aliphatic heterocycles. The maximum Gasteiger partial charge on any atom is 0.0991 e. The number of nitriles is 1. The highest BCUT2D eigenvalue weighted by atomic mass is 35.5. The Morgan fingerprint density at radius 3 is 2.38 bits per heavy atom. The molecular weight excluding hydrogens is 380 g/mol. The lowest BCUT2D eigenvalue weighted by molar-refractivity contribution is -0.223. The molecule has 2 atom stereocenters. The highest BCUT2D eigenvalue weighted by molar-refractivity contribution is 6.30. The van der Waals surface area contributed by atoms with Crippen molar-refractivity contribution in [2.24, 2.45) is 10.8 Å². The second kappa shape index (κ2) is 8.11. The molecule has 0 bridgehead atoms. The largest absolute Gasteiger partial charge is 0.376 e. The summed E-state index contributed by atoms with van der Waals surface area (Å²) in [6.45, 7) is 8.67. The van der Waals surface area contributed by atoms with Gasteiger partial charge in [0.2, 0.25) is 0 Å². The molecule has 2 aliphatic rings. The average Bonchev–Trinajstić information content (AvgIpc) is 3.11. The Kier molecular flexibility index (Phi) is 5.71. The Labute approximate surface area is 179 Å². The predicted molar refractivity (Wildman–Crippen MR) is 117 cm³/mol. The van der Waals surface area contributed by atoms with Crippen LogP contribution in [-0.4, -0.2) is 30.7 Å². The van der Waals surface area contributed by atoms with E-state index in [1.165, 1.54) is 17.5 Å². The zero-order valence-corrected chi connectivity index (χ0v) is 18.1. The van der Waals surface area contributed by atoms with Crippen LogP contribution in [0.3, 0.4) is 0 Å². The quantitative estimate of drug-likeness (QED) is 0.636. The molecule has 2 aromatic rings. The monoisotopic (exact) mass is 408 g/mol. The SMILES string of the molecule is CC1(C)CO[C@@H]1[C@]1(CCc2ccc(C#N)cc2)CCN(Cc2ccc(Cl)cc2)C1. The molecule has 4 rings (SSSR count). The Morgan fingerprint density at radius 1 is 1.10 bits per heavy atom. The number of likely N-dealkylation sites (tertiary alicyclic amines) is 1. The molecule has 3 nitrogen and oxygen atoms in total. The van der Waals surface area contributed by atoms with Gasteiger partial charge in [0, 0.05) is 28.9 Å². The summed E-state index contributed by atoms with van der Waals surface area (Å²) in [5, 5.41) is 9.82. The molecular formula is C25H29ClN2O. The molecule has 0 amide bonds. The first-order chi connectivity index (χ1) is 13.9. The second-order valence-electron chi connectivity index (χ2n) is 9.44. The fourth-order valence-electron chi connectivity index (χ4n) is 5.16. The highest BCUT2D eigenvalue weighted by Gasteiger charge is 2.55. The van der Waals surface area contributed by atoms with Crippen LogP contribution >= 0.6 is 11.6 Å². The molecule has 0 saturated carbocycles. The van der Waals surface area contributed by atoms with Crippen LogP contribution in [0.1, 0.15) is 43.4 Å². The molecule has 0 unspecified atom stereocenters. The standard InChI is InChI=1S/C25H29ClN2O/c1-24(2)18-29-23(24)25(12-11-19-3-5-20(15-27)6-4-19)13-14-28(17-25)16-21-7-9-22(26)10-8-21/h3-10,23H,11-14,16-18H2,1-2H3/t23-,25+/m0/s1. The lowest BCUT2D eigenvalue weighted by atomic mass is 9.64. The van der Waals surface area contributed by atoms with Crippen LogP contribution in [0.25, 0.3) is 0 Å². The van der Waals surface area contributed by atoms with E-state index in [1.54, 1.807) is 0 Å². The van der Waals surface area contributed by atoms with E-state index in [4.69, 9.17) is 21.6 Å². The fraction of sp³-hybridized carbons (Fsp3) is 0.480. The molecule has 0 aliphatic carbocycles. The summed E-state index contributed by atoms with van der Waals surface area (Å²) in [5.41, 5.74) is 3.76. The number of benzene rings is 2. The summed E-state index contributed by atoms with van der Waals surface area (Å²) < 4.78 is 6.19. The number of hydrogen-bond acceptors (Lipinski definition) is 3. The van der Waals surface area contributed by atoms with Gasteiger partial charge in [-0.3, -0.25) is 4.90 Å². The van der Waals surface area contributed by atoms with Gasteiger partial charge in [0.25, 0.3) is 0 Å². The van der Waals surface area contributed by atoms with Crippen LogP contribution in [0.2, 0.25) is 5.02 Å². The topological polar surface area (TPSA) is 36.3 Å². The van der Waals surface area contributed by atoms with Crippen molar-refractivity contribution in [3.63, 3.8) is 0 Å². The lowest BCUT2D eigenvalue weighted by Crippen LogP contribution is -2.58. The summed E-state index contributed by atoms with van der Waals surface area (Å²) in [5.74, 6) is 0. The van der Waals surface area contributed by atoms with E-state index in [0.717, 1.165) is 49.7 Å². The molecule has 0 spiro atoms. The highest BCUT2D eigenvalue weighted by Crippen LogP contribution is 2.51. The molecule has 2 saturated heterocycles. The number of nitrogens with zero attached hydrogens (tertiary/aromatic N) is 2. The summed E-state index contributed by atoms with van der Waals surface area (Å²) in [6, 6.07) is 18.5. The van der Waals surface area contributed by atoms with Crippen LogP contribution in [0.15, 0.2) is 48.5 Å². The van der Waals surface area contributed by atoms with Gasteiger partial charge in [0.05, 0.1) is 24.3 Å². The van der Waals surface area contributed by atoms with Crippen molar-refractivity contribution in [1.29, 1.82) is 5.26 Å². The maximum atomic E-state index is 9.03. The minimum atomic E-state index is 0.183. The summed E-state index contributed by atoms with van der Waals surface area (Å²) in [4.78, 5) is 2.57. The third-order valence-electron chi connectivity index (χ3n) is 6.67. The summed E-state index contributed by atoms with van der Waals surface area (Å²) in [6.07, 6.45) is 3.62. The van der Waals surface area contributed by atoms with Crippen molar-refractivity contribution >= 4 is 11.6 Å². The third kappa shape index (κ3) is 4.36. The predicted octanol–water partition coefficient (Wildman–Crippen LogP) is 5.46. The molecule has 0 radical (unpaired) electrons. The number of halogens is 1. The van der Waals surface area contributed by atoms with Gasteiger partial charge in [-0.2, -0.15) is 5.26 Å².